The molecule has 0 radical (unpaired) electrons. The lowest BCUT2D eigenvalue weighted by molar-refractivity contribution is 0.0935. The maximum Gasteiger partial charge on any atom is 0.251 e. The lowest BCUT2D eigenvalue weighted by atomic mass is 10.2. The van der Waals surface area contributed by atoms with E-state index in [2.05, 4.69) is 22.5 Å². The molecule has 16 heavy (non-hydrogen) atoms. The van der Waals surface area contributed by atoms with E-state index >= 15 is 0 Å². The van der Waals surface area contributed by atoms with E-state index in [-0.39, 0.29) is 11.4 Å². The second-order valence-electron chi connectivity index (χ2n) is 4.65. The highest BCUT2D eigenvalue weighted by molar-refractivity contribution is 5.95. The SMILES string of the molecule is CNc1cc(C(=O)NC2(C)CC2)cc(C)n1. The molecule has 1 aliphatic carbocycles. The molecule has 2 N–H and O–H groups in total. The number of amides is 1. The van der Waals surface area contributed by atoms with Crippen molar-refractivity contribution in [2.75, 3.05) is 12.4 Å². The van der Waals surface area contributed by atoms with Gasteiger partial charge in [0.2, 0.25) is 0 Å². The van der Waals surface area contributed by atoms with Gasteiger partial charge in [-0.15, -0.1) is 0 Å². The highest BCUT2D eigenvalue weighted by atomic mass is 16.1. The Hall–Kier alpha value is -1.58. The van der Waals surface area contributed by atoms with Crippen molar-refractivity contribution in [2.45, 2.75) is 32.2 Å². The van der Waals surface area contributed by atoms with E-state index in [0.717, 1.165) is 24.4 Å². The zero-order valence-electron chi connectivity index (χ0n) is 9.92. The molecule has 0 aliphatic heterocycles. The molecule has 1 fully saturated rings. The van der Waals surface area contributed by atoms with Gasteiger partial charge in [0.25, 0.3) is 5.91 Å². The normalized spacial score (nSPS) is 16.7. The van der Waals surface area contributed by atoms with Crippen LogP contribution in [-0.4, -0.2) is 23.5 Å². The molecule has 1 aliphatic rings. The van der Waals surface area contributed by atoms with Crippen molar-refractivity contribution < 1.29 is 4.79 Å². The van der Waals surface area contributed by atoms with Crippen molar-refractivity contribution in [1.82, 2.24) is 10.3 Å². The quantitative estimate of drug-likeness (QED) is 0.813. The molecule has 0 saturated heterocycles. The fourth-order valence-corrected chi connectivity index (χ4v) is 1.59. The third-order valence-electron chi connectivity index (χ3n) is 2.89. The van der Waals surface area contributed by atoms with Crippen molar-refractivity contribution in [3.8, 4) is 0 Å². The van der Waals surface area contributed by atoms with E-state index in [9.17, 15) is 4.79 Å². The Bertz CT molecular complexity index is 424. The summed E-state index contributed by atoms with van der Waals surface area (Å²) < 4.78 is 0. The van der Waals surface area contributed by atoms with Crippen molar-refractivity contribution >= 4 is 11.7 Å². The van der Waals surface area contributed by atoms with Gasteiger partial charge in [-0.3, -0.25) is 4.79 Å². The van der Waals surface area contributed by atoms with Crippen LogP contribution in [0.4, 0.5) is 5.82 Å². The first-order valence-corrected chi connectivity index (χ1v) is 5.51. The molecule has 86 valence electrons. The first kappa shape index (κ1) is 10.9. The van der Waals surface area contributed by atoms with Crippen LogP contribution >= 0.6 is 0 Å². The summed E-state index contributed by atoms with van der Waals surface area (Å²) in [5, 5.41) is 5.98. The smallest absolute Gasteiger partial charge is 0.251 e. The van der Waals surface area contributed by atoms with E-state index in [1.54, 1.807) is 13.1 Å². The molecule has 1 aromatic heterocycles. The first-order chi connectivity index (χ1) is 7.52. The molecule has 1 amide bonds. The molecule has 4 nitrogen and oxygen atoms in total. The highest BCUT2D eigenvalue weighted by Crippen LogP contribution is 2.34. The summed E-state index contributed by atoms with van der Waals surface area (Å²) in [7, 11) is 1.80. The summed E-state index contributed by atoms with van der Waals surface area (Å²) in [5.41, 5.74) is 1.54. The van der Waals surface area contributed by atoms with Crippen LogP contribution in [0.3, 0.4) is 0 Å². The van der Waals surface area contributed by atoms with Crippen LogP contribution in [0.25, 0.3) is 0 Å². The van der Waals surface area contributed by atoms with Crippen LogP contribution in [0.15, 0.2) is 12.1 Å². The molecular weight excluding hydrogens is 202 g/mol. The Balaban J connectivity index is 2.18. The number of nitrogens with zero attached hydrogens (tertiary/aromatic N) is 1. The second-order valence-corrected chi connectivity index (χ2v) is 4.65. The lowest BCUT2D eigenvalue weighted by Gasteiger charge is -2.12. The van der Waals surface area contributed by atoms with Gasteiger partial charge in [0, 0.05) is 23.8 Å². The third-order valence-corrected chi connectivity index (χ3v) is 2.89. The van der Waals surface area contributed by atoms with Crippen molar-refractivity contribution in [3.05, 3.63) is 23.4 Å². The van der Waals surface area contributed by atoms with E-state index in [0.29, 0.717) is 5.56 Å². The number of aryl methyl sites for hydroxylation is 1. The largest absolute Gasteiger partial charge is 0.373 e. The fourth-order valence-electron chi connectivity index (χ4n) is 1.59. The van der Waals surface area contributed by atoms with Gasteiger partial charge >= 0.3 is 0 Å². The second kappa shape index (κ2) is 3.77. The van der Waals surface area contributed by atoms with Gasteiger partial charge < -0.3 is 10.6 Å². The Morgan fingerprint density at radius 3 is 2.69 bits per heavy atom. The number of aromatic nitrogens is 1. The number of nitrogens with one attached hydrogen (secondary N) is 2. The van der Waals surface area contributed by atoms with Gasteiger partial charge in [0.05, 0.1) is 0 Å². The summed E-state index contributed by atoms with van der Waals surface area (Å²) >= 11 is 0. The molecular formula is C12H17N3O. The number of hydrogen-bond acceptors (Lipinski definition) is 3. The van der Waals surface area contributed by atoms with Crippen LogP contribution < -0.4 is 10.6 Å². The average Bonchev–Trinajstić information content (AvgIpc) is 2.95. The first-order valence-electron chi connectivity index (χ1n) is 5.51. The van der Waals surface area contributed by atoms with E-state index in [1.807, 2.05) is 13.0 Å². The summed E-state index contributed by atoms with van der Waals surface area (Å²) in [5.74, 6) is 0.716. The van der Waals surface area contributed by atoms with Crippen molar-refractivity contribution in [1.29, 1.82) is 0 Å². The van der Waals surface area contributed by atoms with Crippen LogP contribution in [0.5, 0.6) is 0 Å². The number of anilines is 1. The molecule has 1 heterocycles. The maximum absolute atomic E-state index is 12.0. The molecule has 0 atom stereocenters. The fraction of sp³-hybridized carbons (Fsp3) is 0.500. The number of pyridine rings is 1. The number of carbonyl (C=O) groups is 1. The number of carbonyl (C=O) groups excluding carboxylic acids is 1. The van der Waals surface area contributed by atoms with Crippen LogP contribution in [0, 0.1) is 6.92 Å². The van der Waals surface area contributed by atoms with Crippen molar-refractivity contribution in [3.63, 3.8) is 0 Å². The molecule has 0 bridgehead atoms. The summed E-state index contributed by atoms with van der Waals surface area (Å²) in [6.07, 6.45) is 2.14. The molecule has 1 aromatic rings. The monoisotopic (exact) mass is 219 g/mol. The van der Waals surface area contributed by atoms with E-state index in [1.165, 1.54) is 0 Å². The number of rotatable bonds is 3. The van der Waals surface area contributed by atoms with E-state index in [4.69, 9.17) is 0 Å². The van der Waals surface area contributed by atoms with Gasteiger partial charge in [-0.25, -0.2) is 4.98 Å². The van der Waals surface area contributed by atoms with Gasteiger partial charge in [-0.05, 0) is 38.8 Å². The average molecular weight is 219 g/mol. The third kappa shape index (κ3) is 2.32. The van der Waals surface area contributed by atoms with Gasteiger partial charge in [-0.1, -0.05) is 0 Å². The highest BCUT2D eigenvalue weighted by Gasteiger charge is 2.38. The van der Waals surface area contributed by atoms with Gasteiger partial charge in [-0.2, -0.15) is 0 Å². The standard InChI is InChI=1S/C12H17N3O/c1-8-6-9(7-10(13-3)14-8)11(16)15-12(2)4-5-12/h6-7H,4-5H2,1-3H3,(H,13,14)(H,15,16). The van der Waals surface area contributed by atoms with Crippen LogP contribution in [0.1, 0.15) is 35.8 Å². The molecule has 2 rings (SSSR count). The Morgan fingerprint density at radius 1 is 1.44 bits per heavy atom. The summed E-state index contributed by atoms with van der Waals surface area (Å²) in [6, 6.07) is 3.58. The summed E-state index contributed by atoms with van der Waals surface area (Å²) in [4.78, 5) is 16.2. The summed E-state index contributed by atoms with van der Waals surface area (Å²) in [6.45, 7) is 3.95. The van der Waals surface area contributed by atoms with Crippen LogP contribution in [0.2, 0.25) is 0 Å². The Labute approximate surface area is 95.5 Å². The zero-order chi connectivity index (χ0) is 11.8. The minimum Gasteiger partial charge on any atom is -0.373 e. The zero-order valence-corrected chi connectivity index (χ0v) is 9.92. The van der Waals surface area contributed by atoms with Gasteiger partial charge in [0.15, 0.2) is 0 Å². The molecule has 1 saturated carbocycles. The molecule has 0 unspecified atom stereocenters. The Morgan fingerprint density at radius 2 is 2.12 bits per heavy atom. The Kier molecular flexibility index (Phi) is 2.58. The molecule has 4 heteroatoms. The minimum absolute atomic E-state index is 0.0120. The van der Waals surface area contributed by atoms with Crippen molar-refractivity contribution in [2.24, 2.45) is 0 Å². The van der Waals surface area contributed by atoms with Crippen LogP contribution in [-0.2, 0) is 0 Å². The predicted octanol–water partition coefficient (Wildman–Crippen LogP) is 1.71. The maximum atomic E-state index is 12.0. The predicted molar refractivity (Wildman–Crippen MR) is 63.6 cm³/mol. The van der Waals surface area contributed by atoms with Gasteiger partial charge in [0.1, 0.15) is 5.82 Å². The molecule has 0 aromatic carbocycles. The van der Waals surface area contributed by atoms with E-state index < -0.39 is 0 Å². The number of hydrogen-bond donors (Lipinski definition) is 2. The topological polar surface area (TPSA) is 54.0 Å². The minimum atomic E-state index is -0.0120. The molecule has 0 spiro atoms. The lowest BCUT2D eigenvalue weighted by Crippen LogP contribution is -2.34.